The Hall–Kier alpha value is -1.35. The van der Waals surface area contributed by atoms with Gasteiger partial charge in [-0.15, -0.1) is 0 Å². The first-order valence-corrected chi connectivity index (χ1v) is 8.37. The number of fused-ring (bicyclic) bond motifs is 1. The standard InChI is InChI=1S/C18H26N2O/c1-2-14-6-5-10-20(11-9-14)18(21)17-12-15-7-3-4-8-16(15)13-19-17/h3-4,7-8,14,17,19H,2,5-6,9-13H2,1H3. The van der Waals surface area contributed by atoms with Crippen molar-refractivity contribution < 1.29 is 4.79 Å². The van der Waals surface area contributed by atoms with E-state index in [1.165, 1.54) is 30.4 Å². The highest BCUT2D eigenvalue weighted by Crippen LogP contribution is 2.22. The first kappa shape index (κ1) is 14.6. The van der Waals surface area contributed by atoms with Gasteiger partial charge < -0.3 is 10.2 Å². The lowest BCUT2D eigenvalue weighted by atomic mass is 9.95. The molecule has 1 N–H and O–H groups in total. The van der Waals surface area contributed by atoms with Crippen molar-refractivity contribution in [3.8, 4) is 0 Å². The smallest absolute Gasteiger partial charge is 0.240 e. The number of likely N-dealkylation sites (tertiary alicyclic amines) is 1. The molecule has 1 aromatic carbocycles. The Morgan fingerprint density at radius 3 is 2.86 bits per heavy atom. The molecule has 2 heterocycles. The number of rotatable bonds is 2. The summed E-state index contributed by atoms with van der Waals surface area (Å²) in [6, 6.07) is 8.43. The normalized spacial score (nSPS) is 26.0. The topological polar surface area (TPSA) is 32.3 Å². The largest absolute Gasteiger partial charge is 0.341 e. The van der Waals surface area contributed by atoms with E-state index in [2.05, 4.69) is 41.4 Å². The van der Waals surface area contributed by atoms with E-state index >= 15 is 0 Å². The van der Waals surface area contributed by atoms with Crippen LogP contribution in [-0.4, -0.2) is 29.9 Å². The van der Waals surface area contributed by atoms with E-state index < -0.39 is 0 Å². The fourth-order valence-corrected chi connectivity index (χ4v) is 3.64. The number of amides is 1. The molecule has 3 rings (SSSR count). The molecule has 1 saturated heterocycles. The average Bonchev–Trinajstić information content (AvgIpc) is 2.79. The van der Waals surface area contributed by atoms with E-state index in [1.807, 2.05) is 0 Å². The molecule has 1 aromatic rings. The molecule has 1 fully saturated rings. The minimum atomic E-state index is -0.0296. The van der Waals surface area contributed by atoms with Crippen LogP contribution in [-0.2, 0) is 17.8 Å². The molecule has 0 bridgehead atoms. The molecule has 2 aliphatic rings. The second-order valence-electron chi connectivity index (χ2n) is 6.44. The minimum absolute atomic E-state index is 0.0296. The molecule has 0 radical (unpaired) electrons. The van der Waals surface area contributed by atoms with Gasteiger partial charge in [0.05, 0.1) is 6.04 Å². The Kier molecular flexibility index (Phi) is 4.59. The van der Waals surface area contributed by atoms with Gasteiger partial charge in [-0.3, -0.25) is 4.79 Å². The number of nitrogens with one attached hydrogen (secondary N) is 1. The molecule has 114 valence electrons. The monoisotopic (exact) mass is 286 g/mol. The zero-order valence-electron chi connectivity index (χ0n) is 13.0. The molecule has 3 heteroatoms. The Balaban J connectivity index is 1.64. The molecule has 2 unspecified atom stereocenters. The van der Waals surface area contributed by atoms with Crippen molar-refractivity contribution in [3.63, 3.8) is 0 Å². The van der Waals surface area contributed by atoms with Gasteiger partial charge in [-0.2, -0.15) is 0 Å². The molecule has 3 nitrogen and oxygen atoms in total. The van der Waals surface area contributed by atoms with Crippen LogP contribution >= 0.6 is 0 Å². The lowest BCUT2D eigenvalue weighted by Gasteiger charge is -2.30. The van der Waals surface area contributed by atoms with Gasteiger partial charge in [0.15, 0.2) is 0 Å². The summed E-state index contributed by atoms with van der Waals surface area (Å²) in [6.07, 6.45) is 5.69. The van der Waals surface area contributed by atoms with Crippen molar-refractivity contribution in [2.24, 2.45) is 5.92 Å². The first-order chi connectivity index (χ1) is 10.3. The highest BCUT2D eigenvalue weighted by molar-refractivity contribution is 5.82. The van der Waals surface area contributed by atoms with E-state index in [-0.39, 0.29) is 6.04 Å². The van der Waals surface area contributed by atoms with Crippen molar-refractivity contribution in [2.45, 2.75) is 51.6 Å². The van der Waals surface area contributed by atoms with Gasteiger partial charge in [-0.25, -0.2) is 0 Å². The highest BCUT2D eigenvalue weighted by atomic mass is 16.2. The Labute approximate surface area is 127 Å². The fourth-order valence-electron chi connectivity index (χ4n) is 3.64. The Bertz CT molecular complexity index is 500. The minimum Gasteiger partial charge on any atom is -0.341 e. The van der Waals surface area contributed by atoms with Gasteiger partial charge in [0.1, 0.15) is 0 Å². The summed E-state index contributed by atoms with van der Waals surface area (Å²) in [5.41, 5.74) is 2.67. The van der Waals surface area contributed by atoms with E-state index in [0.717, 1.165) is 38.4 Å². The molecule has 0 spiro atoms. The molecule has 2 atom stereocenters. The lowest BCUT2D eigenvalue weighted by Crippen LogP contribution is -2.49. The van der Waals surface area contributed by atoms with Crippen molar-refractivity contribution in [2.75, 3.05) is 13.1 Å². The van der Waals surface area contributed by atoms with Crippen LogP contribution in [0.15, 0.2) is 24.3 Å². The summed E-state index contributed by atoms with van der Waals surface area (Å²) in [4.78, 5) is 14.9. The summed E-state index contributed by atoms with van der Waals surface area (Å²) in [6.45, 7) is 4.96. The number of benzene rings is 1. The van der Waals surface area contributed by atoms with Gasteiger partial charge >= 0.3 is 0 Å². The van der Waals surface area contributed by atoms with Crippen LogP contribution in [0.4, 0.5) is 0 Å². The van der Waals surface area contributed by atoms with E-state index in [1.54, 1.807) is 0 Å². The van der Waals surface area contributed by atoms with E-state index in [4.69, 9.17) is 0 Å². The number of carbonyl (C=O) groups excluding carboxylic acids is 1. The number of hydrogen-bond donors (Lipinski definition) is 1. The highest BCUT2D eigenvalue weighted by Gasteiger charge is 2.29. The maximum Gasteiger partial charge on any atom is 0.240 e. The quantitative estimate of drug-likeness (QED) is 0.906. The van der Waals surface area contributed by atoms with Crippen molar-refractivity contribution in [3.05, 3.63) is 35.4 Å². The van der Waals surface area contributed by atoms with Gasteiger partial charge in [0.25, 0.3) is 0 Å². The number of hydrogen-bond acceptors (Lipinski definition) is 2. The Morgan fingerprint density at radius 1 is 1.24 bits per heavy atom. The van der Waals surface area contributed by atoms with Crippen molar-refractivity contribution in [1.29, 1.82) is 0 Å². The zero-order valence-corrected chi connectivity index (χ0v) is 13.0. The van der Waals surface area contributed by atoms with E-state index in [0.29, 0.717) is 5.91 Å². The van der Waals surface area contributed by atoms with Crippen molar-refractivity contribution >= 4 is 5.91 Å². The van der Waals surface area contributed by atoms with Gasteiger partial charge in [0.2, 0.25) is 5.91 Å². The van der Waals surface area contributed by atoms with Crippen LogP contribution in [0.2, 0.25) is 0 Å². The molecule has 0 aromatic heterocycles. The number of carbonyl (C=O) groups is 1. The molecule has 2 aliphatic heterocycles. The predicted octanol–water partition coefficient (Wildman–Crippen LogP) is 2.74. The maximum atomic E-state index is 12.8. The molecule has 0 aliphatic carbocycles. The third-order valence-electron chi connectivity index (χ3n) is 5.12. The molecule has 0 saturated carbocycles. The van der Waals surface area contributed by atoms with Crippen LogP contribution in [0.5, 0.6) is 0 Å². The summed E-state index contributed by atoms with van der Waals surface area (Å²) in [5, 5.41) is 3.43. The summed E-state index contributed by atoms with van der Waals surface area (Å²) >= 11 is 0. The third-order valence-corrected chi connectivity index (χ3v) is 5.12. The summed E-state index contributed by atoms with van der Waals surface area (Å²) in [5.74, 6) is 1.11. The summed E-state index contributed by atoms with van der Waals surface area (Å²) in [7, 11) is 0. The van der Waals surface area contributed by atoms with Gasteiger partial charge in [-0.1, -0.05) is 37.6 Å². The lowest BCUT2D eigenvalue weighted by molar-refractivity contribution is -0.133. The zero-order chi connectivity index (χ0) is 14.7. The average molecular weight is 286 g/mol. The maximum absolute atomic E-state index is 12.8. The first-order valence-electron chi connectivity index (χ1n) is 8.37. The second kappa shape index (κ2) is 6.61. The van der Waals surface area contributed by atoms with E-state index in [9.17, 15) is 4.79 Å². The van der Waals surface area contributed by atoms with Crippen LogP contribution < -0.4 is 5.32 Å². The molecule has 1 amide bonds. The van der Waals surface area contributed by atoms with Crippen LogP contribution in [0.3, 0.4) is 0 Å². The molecular formula is C18H26N2O. The SMILES string of the molecule is CCC1CCCN(C(=O)C2Cc3ccccc3CN2)CC1. The molecule has 21 heavy (non-hydrogen) atoms. The fraction of sp³-hybridized carbons (Fsp3) is 0.611. The Morgan fingerprint density at radius 2 is 2.05 bits per heavy atom. The van der Waals surface area contributed by atoms with Gasteiger partial charge in [-0.05, 0) is 42.7 Å². The number of nitrogens with zero attached hydrogens (tertiary/aromatic N) is 1. The van der Waals surface area contributed by atoms with Crippen LogP contribution in [0.1, 0.15) is 43.7 Å². The van der Waals surface area contributed by atoms with Crippen LogP contribution in [0, 0.1) is 5.92 Å². The third kappa shape index (κ3) is 3.29. The predicted molar refractivity (Wildman–Crippen MR) is 85.0 cm³/mol. The summed E-state index contributed by atoms with van der Waals surface area (Å²) < 4.78 is 0. The second-order valence-corrected chi connectivity index (χ2v) is 6.44. The van der Waals surface area contributed by atoms with Crippen LogP contribution in [0.25, 0.3) is 0 Å². The molecular weight excluding hydrogens is 260 g/mol. The van der Waals surface area contributed by atoms with Gasteiger partial charge in [0, 0.05) is 19.6 Å². The van der Waals surface area contributed by atoms with Crippen molar-refractivity contribution in [1.82, 2.24) is 10.2 Å².